The van der Waals surface area contributed by atoms with E-state index in [1.54, 1.807) is 6.92 Å². The van der Waals surface area contributed by atoms with Crippen LogP contribution in [0.4, 0.5) is 0 Å². The first kappa shape index (κ1) is 20.4. The molecule has 1 amide bonds. The van der Waals surface area contributed by atoms with Gasteiger partial charge in [0, 0.05) is 24.4 Å². The molecule has 12 heteroatoms. The fourth-order valence-electron chi connectivity index (χ4n) is 3.49. The highest BCUT2D eigenvalue weighted by molar-refractivity contribution is 7.19. The van der Waals surface area contributed by atoms with Gasteiger partial charge in [-0.1, -0.05) is 0 Å². The number of thiophene rings is 1. The molecule has 160 valence electrons. The van der Waals surface area contributed by atoms with Crippen LogP contribution in [-0.4, -0.2) is 59.4 Å². The largest absolute Gasteiger partial charge is 0.386 e. The zero-order chi connectivity index (χ0) is 21.8. The lowest BCUT2D eigenvalue weighted by molar-refractivity contribution is -0.0796. The Labute approximate surface area is 174 Å². The van der Waals surface area contributed by atoms with E-state index in [0.29, 0.717) is 15.4 Å². The molecule has 11 nitrogen and oxygen atoms in total. The molecule has 0 unspecified atom stereocenters. The smallest absolute Gasteiger partial charge is 0.332 e. The van der Waals surface area contributed by atoms with Gasteiger partial charge in [0.1, 0.15) is 17.0 Å². The number of aromatic nitrogens is 5. The number of β-amino-alcohol motifs (C(OH)–C–C–N with tert-alkyl or cyclic N) is 1. The molecule has 2 N–H and O–H groups in total. The molecule has 0 aromatic carbocycles. The third-order valence-corrected chi connectivity index (χ3v) is 6.16. The molecular formula is C18H22N6O5S. The highest BCUT2D eigenvalue weighted by Crippen LogP contribution is 2.33. The number of hydroxylamine groups is 2. The molecule has 1 fully saturated rings. The Morgan fingerprint density at radius 2 is 2.17 bits per heavy atom. The maximum Gasteiger partial charge on any atom is 0.332 e. The number of carbonyl (C=O) groups excluding carboxylic acids is 1. The molecule has 3 aromatic heterocycles. The van der Waals surface area contributed by atoms with Crippen LogP contribution in [0, 0.1) is 0 Å². The van der Waals surface area contributed by atoms with E-state index in [9.17, 15) is 19.5 Å². The van der Waals surface area contributed by atoms with Crippen LogP contribution >= 0.6 is 11.3 Å². The van der Waals surface area contributed by atoms with Gasteiger partial charge in [0.25, 0.3) is 11.5 Å². The Bertz CT molecular complexity index is 1240. The maximum absolute atomic E-state index is 13.4. The number of hydrogen-bond acceptors (Lipinski definition) is 8. The molecule has 0 radical (unpaired) electrons. The molecule has 0 spiro atoms. The summed E-state index contributed by atoms with van der Waals surface area (Å²) in [5.74, 6) is -0.538. The van der Waals surface area contributed by atoms with Crippen molar-refractivity contribution in [2.75, 3.05) is 13.2 Å². The Kier molecular flexibility index (Phi) is 4.87. The van der Waals surface area contributed by atoms with Crippen LogP contribution < -0.4 is 11.2 Å². The second-order valence-corrected chi connectivity index (χ2v) is 9.02. The van der Waals surface area contributed by atoms with Crippen molar-refractivity contribution in [2.45, 2.75) is 38.8 Å². The van der Waals surface area contributed by atoms with Gasteiger partial charge in [-0.3, -0.25) is 23.6 Å². The van der Waals surface area contributed by atoms with Crippen molar-refractivity contribution in [2.24, 2.45) is 7.05 Å². The van der Waals surface area contributed by atoms with Gasteiger partial charge in [-0.15, -0.1) is 11.3 Å². The minimum absolute atomic E-state index is 0.0310. The lowest BCUT2D eigenvalue weighted by atomic mass is 10.1. The number of nitrogens with zero attached hydrogens (tertiary/aromatic N) is 5. The third-order valence-electron chi connectivity index (χ3n) is 4.97. The maximum atomic E-state index is 13.4. The zero-order valence-electron chi connectivity index (χ0n) is 17.0. The summed E-state index contributed by atoms with van der Waals surface area (Å²) >= 11 is 1.20. The predicted octanol–water partition coefficient (Wildman–Crippen LogP) is 0.190. The Balaban J connectivity index is 1.99. The van der Waals surface area contributed by atoms with E-state index in [0.717, 1.165) is 9.63 Å². The highest BCUT2D eigenvalue weighted by atomic mass is 32.1. The van der Waals surface area contributed by atoms with E-state index in [2.05, 4.69) is 15.4 Å². The number of fused-ring (bicyclic) bond motifs is 1. The number of nitrogens with one attached hydrogen (secondary N) is 1. The SMILES string of the molecule is CC(C)n1c(=O)n(C)c(=O)c2c(C(=O)N3C[C@](C)(O)CO3)c(Cc3cn[nH]n3)sc21. The first-order valence-corrected chi connectivity index (χ1v) is 10.2. The van der Waals surface area contributed by atoms with Crippen LogP contribution in [0.25, 0.3) is 10.2 Å². The molecule has 1 saturated heterocycles. The van der Waals surface area contributed by atoms with Crippen molar-refractivity contribution in [1.82, 2.24) is 29.6 Å². The van der Waals surface area contributed by atoms with Crippen LogP contribution in [0.15, 0.2) is 15.8 Å². The topological polar surface area (TPSA) is 135 Å². The minimum atomic E-state index is -1.18. The fourth-order valence-corrected chi connectivity index (χ4v) is 4.91. The molecule has 1 aliphatic rings. The van der Waals surface area contributed by atoms with Gasteiger partial charge in [0.2, 0.25) is 0 Å². The van der Waals surface area contributed by atoms with E-state index in [1.165, 1.54) is 29.1 Å². The average molecular weight is 434 g/mol. The second kappa shape index (κ2) is 7.15. The first-order chi connectivity index (χ1) is 14.1. The molecule has 1 aliphatic heterocycles. The standard InChI is InChI=1S/C18H22N6O5S/c1-9(2)24-16-13(14(25)22(4)17(24)27)12(11(30-16)5-10-6-19-21-20-10)15(26)23-7-18(3,28)8-29-23/h6,9,28H,5,7-8H2,1-4H3,(H,19,20,21)/t18-/m0/s1. The fraction of sp³-hybridized carbons (Fsp3) is 0.500. The number of H-pyrrole nitrogens is 1. The lowest BCUT2D eigenvalue weighted by Crippen LogP contribution is -2.39. The van der Waals surface area contributed by atoms with Gasteiger partial charge in [0.05, 0.1) is 29.4 Å². The molecule has 30 heavy (non-hydrogen) atoms. The Morgan fingerprint density at radius 1 is 1.43 bits per heavy atom. The van der Waals surface area contributed by atoms with Gasteiger partial charge in [-0.2, -0.15) is 15.4 Å². The highest BCUT2D eigenvalue weighted by Gasteiger charge is 2.38. The monoisotopic (exact) mass is 434 g/mol. The Hall–Kier alpha value is -2.83. The van der Waals surface area contributed by atoms with Gasteiger partial charge < -0.3 is 5.11 Å². The Morgan fingerprint density at radius 3 is 2.73 bits per heavy atom. The summed E-state index contributed by atoms with van der Waals surface area (Å²) in [6.07, 6.45) is 1.78. The minimum Gasteiger partial charge on any atom is -0.386 e. The predicted molar refractivity (Wildman–Crippen MR) is 109 cm³/mol. The number of aromatic amines is 1. The van der Waals surface area contributed by atoms with Gasteiger partial charge in [0.15, 0.2) is 0 Å². The van der Waals surface area contributed by atoms with Crippen molar-refractivity contribution in [3.63, 3.8) is 0 Å². The van der Waals surface area contributed by atoms with Crippen molar-refractivity contribution in [3.05, 3.63) is 43.2 Å². The summed E-state index contributed by atoms with van der Waals surface area (Å²) in [6, 6.07) is -0.225. The summed E-state index contributed by atoms with van der Waals surface area (Å²) in [6.45, 7) is 5.18. The summed E-state index contributed by atoms with van der Waals surface area (Å²) < 4.78 is 2.51. The van der Waals surface area contributed by atoms with Gasteiger partial charge in [-0.25, -0.2) is 9.86 Å². The van der Waals surface area contributed by atoms with E-state index >= 15 is 0 Å². The van der Waals surface area contributed by atoms with Crippen LogP contribution in [0.1, 0.15) is 47.7 Å². The normalized spacial score (nSPS) is 19.3. The van der Waals surface area contributed by atoms with Crippen molar-refractivity contribution in [1.29, 1.82) is 0 Å². The second-order valence-electron chi connectivity index (χ2n) is 7.94. The molecule has 4 heterocycles. The van der Waals surface area contributed by atoms with Gasteiger partial charge in [-0.05, 0) is 20.8 Å². The molecule has 1 atom stereocenters. The van der Waals surface area contributed by atoms with Crippen molar-refractivity contribution < 1.29 is 14.7 Å². The lowest BCUT2D eigenvalue weighted by Gasteiger charge is -2.17. The van der Waals surface area contributed by atoms with Crippen LogP contribution in [0.3, 0.4) is 0 Å². The van der Waals surface area contributed by atoms with E-state index in [4.69, 9.17) is 4.84 Å². The van der Waals surface area contributed by atoms with Gasteiger partial charge >= 0.3 is 5.69 Å². The molecule has 4 rings (SSSR count). The quantitative estimate of drug-likeness (QED) is 0.598. The van der Waals surface area contributed by atoms with E-state index < -0.39 is 22.8 Å². The number of rotatable bonds is 4. The molecule has 0 aliphatic carbocycles. The summed E-state index contributed by atoms with van der Waals surface area (Å²) in [5, 5.41) is 21.8. The van der Waals surface area contributed by atoms with Crippen molar-refractivity contribution >= 4 is 27.5 Å². The molecule has 0 saturated carbocycles. The number of carbonyl (C=O) groups is 1. The number of amides is 1. The number of aliphatic hydroxyl groups is 1. The molecule has 3 aromatic rings. The summed E-state index contributed by atoms with van der Waals surface area (Å²) in [5.41, 5.74) is -1.44. The molecule has 0 bridgehead atoms. The van der Waals surface area contributed by atoms with Crippen LogP contribution in [0.2, 0.25) is 0 Å². The number of hydrogen-bond donors (Lipinski definition) is 2. The van der Waals surface area contributed by atoms with Crippen LogP contribution in [0.5, 0.6) is 0 Å². The van der Waals surface area contributed by atoms with Crippen molar-refractivity contribution in [3.8, 4) is 0 Å². The van der Waals surface area contributed by atoms with E-state index in [1.807, 2.05) is 13.8 Å². The zero-order valence-corrected chi connectivity index (χ0v) is 17.8. The molecular weight excluding hydrogens is 412 g/mol. The third kappa shape index (κ3) is 3.26. The van der Waals surface area contributed by atoms with E-state index in [-0.39, 0.29) is 36.6 Å². The summed E-state index contributed by atoms with van der Waals surface area (Å²) in [7, 11) is 1.39. The first-order valence-electron chi connectivity index (χ1n) is 9.39. The van der Waals surface area contributed by atoms with Crippen LogP contribution in [-0.2, 0) is 18.3 Å². The summed E-state index contributed by atoms with van der Waals surface area (Å²) in [4.78, 5) is 45.6. The average Bonchev–Trinajstić information content (AvgIpc) is 3.38.